The number of hydrogen-bond acceptors (Lipinski definition) is 2. The fourth-order valence-electron chi connectivity index (χ4n) is 2.10. The van der Waals surface area contributed by atoms with Crippen LogP contribution < -0.4 is 10.6 Å². The number of halogens is 4. The van der Waals surface area contributed by atoms with Crippen LogP contribution in [0.5, 0.6) is 0 Å². The number of hydrogen-bond donors (Lipinski definition) is 2. The number of guanidine groups is 1. The lowest BCUT2D eigenvalue weighted by atomic mass is 10.1. The highest BCUT2D eigenvalue weighted by atomic mass is 127. The Kier molecular flexibility index (Phi) is 9.83. The summed E-state index contributed by atoms with van der Waals surface area (Å²) in [5.41, 5.74) is 3.36. The van der Waals surface area contributed by atoms with Crippen molar-refractivity contribution in [1.29, 1.82) is 0 Å². The molecule has 0 fully saturated rings. The van der Waals surface area contributed by atoms with Gasteiger partial charge in [-0.15, -0.1) is 24.0 Å². The summed E-state index contributed by atoms with van der Waals surface area (Å²) in [6.07, 6.45) is -4.41. The number of alkyl halides is 3. The quantitative estimate of drug-likeness (QED) is 0.394. The first-order chi connectivity index (χ1) is 11.1. The Labute approximate surface area is 163 Å². The van der Waals surface area contributed by atoms with Crippen molar-refractivity contribution in [2.45, 2.75) is 26.6 Å². The number of nitrogens with zero attached hydrogens (tertiary/aromatic N) is 2. The molecule has 0 spiro atoms. The smallest absolute Gasteiger partial charge is 0.352 e. The highest BCUT2D eigenvalue weighted by Gasteiger charge is 2.31. The Morgan fingerprint density at radius 1 is 1.24 bits per heavy atom. The van der Waals surface area contributed by atoms with Crippen molar-refractivity contribution in [3.8, 4) is 0 Å². The van der Waals surface area contributed by atoms with Gasteiger partial charge in [0.25, 0.3) is 0 Å². The number of aliphatic imine (C=N–C) groups is 1. The number of nitrogens with one attached hydrogen (secondary N) is 2. The van der Waals surface area contributed by atoms with Crippen LogP contribution in [0.4, 0.5) is 13.2 Å². The molecule has 0 atom stereocenters. The molecule has 0 heterocycles. The Balaban J connectivity index is 0.00000576. The lowest BCUT2D eigenvalue weighted by molar-refractivity contribution is -0.157. The molecule has 1 aromatic rings. The van der Waals surface area contributed by atoms with Gasteiger partial charge in [-0.2, -0.15) is 13.2 Å². The van der Waals surface area contributed by atoms with E-state index in [2.05, 4.69) is 21.7 Å². The molecule has 0 aliphatic heterocycles. The molecular weight excluding hydrogens is 448 g/mol. The summed E-state index contributed by atoms with van der Waals surface area (Å²) >= 11 is 0. The molecule has 142 valence electrons. The standard InChI is InChI=1S/C16H23F3N4O.HI/c1-11-5-6-13(12(2)7-11)8-21-15(20-3)22-9-14(24)23(4)10-16(17,18)19;/h5-7H,8-10H2,1-4H3,(H2,20,21,22);1H. The lowest BCUT2D eigenvalue weighted by Gasteiger charge is -2.20. The van der Waals surface area contributed by atoms with Crippen molar-refractivity contribution >= 4 is 35.8 Å². The summed E-state index contributed by atoms with van der Waals surface area (Å²) in [4.78, 5) is 16.3. The van der Waals surface area contributed by atoms with Gasteiger partial charge in [0.15, 0.2) is 5.96 Å². The molecule has 1 rings (SSSR count). The van der Waals surface area contributed by atoms with Crippen molar-refractivity contribution in [3.05, 3.63) is 34.9 Å². The molecule has 0 aliphatic rings. The highest BCUT2D eigenvalue weighted by Crippen LogP contribution is 2.15. The van der Waals surface area contributed by atoms with E-state index in [1.165, 1.54) is 7.05 Å². The fourth-order valence-corrected chi connectivity index (χ4v) is 2.10. The summed E-state index contributed by atoms with van der Waals surface area (Å²) < 4.78 is 36.8. The van der Waals surface area contributed by atoms with E-state index in [1.807, 2.05) is 26.0 Å². The number of carbonyl (C=O) groups excluding carboxylic acids is 1. The zero-order valence-corrected chi connectivity index (χ0v) is 17.0. The van der Waals surface area contributed by atoms with E-state index in [0.29, 0.717) is 17.4 Å². The van der Waals surface area contributed by atoms with E-state index in [9.17, 15) is 18.0 Å². The van der Waals surface area contributed by atoms with Gasteiger partial charge in [-0.1, -0.05) is 23.8 Å². The monoisotopic (exact) mass is 472 g/mol. The molecule has 1 aromatic carbocycles. The minimum absolute atomic E-state index is 0. The summed E-state index contributed by atoms with van der Waals surface area (Å²) in [7, 11) is 2.64. The van der Waals surface area contributed by atoms with Crippen LogP contribution in [0.15, 0.2) is 23.2 Å². The zero-order chi connectivity index (χ0) is 18.3. The van der Waals surface area contributed by atoms with Gasteiger partial charge < -0.3 is 15.5 Å². The third-order valence-electron chi connectivity index (χ3n) is 3.42. The molecule has 0 unspecified atom stereocenters. The Morgan fingerprint density at radius 3 is 2.40 bits per heavy atom. The van der Waals surface area contributed by atoms with Crippen LogP contribution in [-0.4, -0.2) is 50.1 Å². The number of benzene rings is 1. The molecule has 9 heteroatoms. The van der Waals surface area contributed by atoms with Gasteiger partial charge in [0.05, 0.1) is 6.54 Å². The summed E-state index contributed by atoms with van der Waals surface area (Å²) in [6.45, 7) is 2.96. The zero-order valence-electron chi connectivity index (χ0n) is 14.7. The Morgan fingerprint density at radius 2 is 1.88 bits per heavy atom. The Hall–Kier alpha value is -1.52. The molecule has 0 aromatic heterocycles. The van der Waals surface area contributed by atoms with Crippen LogP contribution in [-0.2, 0) is 11.3 Å². The van der Waals surface area contributed by atoms with Gasteiger partial charge in [0, 0.05) is 20.6 Å². The van der Waals surface area contributed by atoms with Crippen molar-refractivity contribution in [1.82, 2.24) is 15.5 Å². The average molecular weight is 472 g/mol. The minimum atomic E-state index is -4.41. The van der Waals surface area contributed by atoms with Gasteiger partial charge in [-0.3, -0.25) is 9.79 Å². The van der Waals surface area contributed by atoms with Gasteiger partial charge in [-0.25, -0.2) is 0 Å². The fraction of sp³-hybridized carbons (Fsp3) is 0.500. The number of aryl methyl sites for hydroxylation is 2. The molecule has 25 heavy (non-hydrogen) atoms. The largest absolute Gasteiger partial charge is 0.406 e. The first-order valence-corrected chi connectivity index (χ1v) is 7.43. The topological polar surface area (TPSA) is 56.7 Å². The van der Waals surface area contributed by atoms with E-state index >= 15 is 0 Å². The molecule has 0 radical (unpaired) electrons. The summed E-state index contributed by atoms with van der Waals surface area (Å²) in [5.74, 6) is -0.314. The second kappa shape index (κ2) is 10.5. The predicted octanol–water partition coefficient (Wildman–Crippen LogP) is 2.61. The molecular formula is C16H24F3IN4O. The van der Waals surface area contributed by atoms with Gasteiger partial charge in [0.2, 0.25) is 5.91 Å². The van der Waals surface area contributed by atoms with E-state index < -0.39 is 18.6 Å². The maximum absolute atomic E-state index is 12.3. The van der Waals surface area contributed by atoms with Crippen LogP contribution in [0.25, 0.3) is 0 Å². The van der Waals surface area contributed by atoms with Gasteiger partial charge in [0.1, 0.15) is 6.54 Å². The first kappa shape index (κ1) is 23.5. The minimum Gasteiger partial charge on any atom is -0.352 e. The van der Waals surface area contributed by atoms with Crippen LogP contribution >= 0.6 is 24.0 Å². The normalized spacial score (nSPS) is 11.6. The first-order valence-electron chi connectivity index (χ1n) is 7.43. The second-order valence-corrected chi connectivity index (χ2v) is 5.57. The molecule has 5 nitrogen and oxygen atoms in total. The van der Waals surface area contributed by atoms with Crippen LogP contribution in [0, 0.1) is 13.8 Å². The van der Waals surface area contributed by atoms with Crippen molar-refractivity contribution in [2.75, 3.05) is 27.2 Å². The van der Waals surface area contributed by atoms with Crippen LogP contribution in [0.2, 0.25) is 0 Å². The molecule has 0 saturated carbocycles. The maximum Gasteiger partial charge on any atom is 0.406 e. The summed E-state index contributed by atoms with van der Waals surface area (Å²) in [6, 6.07) is 6.05. The van der Waals surface area contributed by atoms with E-state index in [-0.39, 0.29) is 30.5 Å². The van der Waals surface area contributed by atoms with Crippen molar-refractivity contribution in [2.24, 2.45) is 4.99 Å². The number of rotatable bonds is 5. The van der Waals surface area contributed by atoms with E-state index in [4.69, 9.17) is 0 Å². The SMILES string of the molecule is CN=C(NCC(=O)N(C)CC(F)(F)F)NCc1ccc(C)cc1C.I. The average Bonchev–Trinajstić information content (AvgIpc) is 2.47. The molecule has 0 saturated heterocycles. The third-order valence-corrected chi connectivity index (χ3v) is 3.42. The van der Waals surface area contributed by atoms with Crippen molar-refractivity contribution < 1.29 is 18.0 Å². The molecule has 1 amide bonds. The van der Waals surface area contributed by atoms with E-state index in [0.717, 1.165) is 23.7 Å². The van der Waals surface area contributed by atoms with Gasteiger partial charge in [-0.05, 0) is 25.0 Å². The number of amides is 1. The summed E-state index contributed by atoms with van der Waals surface area (Å²) in [5, 5.41) is 5.75. The van der Waals surface area contributed by atoms with Crippen LogP contribution in [0.1, 0.15) is 16.7 Å². The second-order valence-electron chi connectivity index (χ2n) is 5.57. The number of carbonyl (C=O) groups is 1. The van der Waals surface area contributed by atoms with Crippen LogP contribution in [0.3, 0.4) is 0 Å². The number of likely N-dealkylation sites (N-methyl/N-ethyl adjacent to an activating group) is 1. The Bertz CT molecular complexity index is 606. The predicted molar refractivity (Wildman–Crippen MR) is 103 cm³/mol. The highest BCUT2D eigenvalue weighted by molar-refractivity contribution is 14.0. The molecule has 0 aliphatic carbocycles. The third kappa shape index (κ3) is 8.94. The van der Waals surface area contributed by atoms with E-state index in [1.54, 1.807) is 0 Å². The molecule has 0 bridgehead atoms. The molecule has 2 N–H and O–H groups in total. The van der Waals surface area contributed by atoms with Gasteiger partial charge >= 0.3 is 6.18 Å². The lowest BCUT2D eigenvalue weighted by Crippen LogP contribution is -2.45. The maximum atomic E-state index is 12.3. The van der Waals surface area contributed by atoms with Crippen molar-refractivity contribution in [3.63, 3.8) is 0 Å².